The third-order valence-corrected chi connectivity index (χ3v) is 4.13. The van der Waals surface area contributed by atoms with E-state index in [0.29, 0.717) is 6.54 Å². The van der Waals surface area contributed by atoms with E-state index in [1.165, 1.54) is 0 Å². The summed E-state index contributed by atoms with van der Waals surface area (Å²) in [5, 5.41) is 9.48. The highest BCUT2D eigenvalue weighted by Gasteiger charge is 2.41. The number of aliphatic carboxylic acids is 1. The van der Waals surface area contributed by atoms with Crippen LogP contribution in [-0.4, -0.2) is 41.7 Å². The van der Waals surface area contributed by atoms with E-state index in [2.05, 4.69) is 25.7 Å². The Hall–Kier alpha value is -1.26. The van der Waals surface area contributed by atoms with Crippen LogP contribution in [0.15, 0.2) is 24.3 Å². The monoisotopic (exact) mass is 313 g/mol. The molecule has 1 aliphatic rings. The third kappa shape index (κ3) is 3.89. The van der Waals surface area contributed by atoms with Gasteiger partial charge in [-0.3, -0.25) is 9.69 Å². The number of benzene rings is 1. The van der Waals surface area contributed by atoms with Crippen molar-refractivity contribution in [3.05, 3.63) is 29.8 Å². The zero-order valence-electron chi connectivity index (χ0n) is 13.0. The lowest BCUT2D eigenvalue weighted by Gasteiger charge is -2.31. The molecule has 118 valence electrons. The summed E-state index contributed by atoms with van der Waals surface area (Å²) in [5.41, 5.74) is 1.07. The van der Waals surface area contributed by atoms with Crippen LogP contribution >= 0.6 is 12.4 Å². The first-order valence-corrected chi connectivity index (χ1v) is 6.94. The summed E-state index contributed by atoms with van der Waals surface area (Å²) in [6, 6.07) is 7.75. The Morgan fingerprint density at radius 3 is 2.24 bits per heavy atom. The minimum Gasteiger partial charge on any atom is -0.497 e. The normalized spacial score (nSPS) is 22.7. The number of hydrogen-bond donors (Lipinski definition) is 1. The number of rotatable bonds is 3. The number of likely N-dealkylation sites (tertiary alicyclic amines) is 1. The van der Waals surface area contributed by atoms with Crippen molar-refractivity contribution in [1.29, 1.82) is 0 Å². The van der Waals surface area contributed by atoms with E-state index in [1.54, 1.807) is 7.11 Å². The second-order valence-electron chi connectivity index (χ2n) is 6.40. The molecule has 4 nitrogen and oxygen atoms in total. The van der Waals surface area contributed by atoms with E-state index < -0.39 is 5.97 Å². The van der Waals surface area contributed by atoms with Gasteiger partial charge < -0.3 is 9.84 Å². The van der Waals surface area contributed by atoms with Gasteiger partial charge in [0.2, 0.25) is 0 Å². The fourth-order valence-electron chi connectivity index (χ4n) is 2.79. The number of carboxylic acid groups (broad SMARTS) is 1. The van der Waals surface area contributed by atoms with Crippen molar-refractivity contribution in [1.82, 2.24) is 4.90 Å². The molecule has 5 heteroatoms. The summed E-state index contributed by atoms with van der Waals surface area (Å²) >= 11 is 0. The van der Waals surface area contributed by atoms with Crippen LogP contribution in [-0.2, 0) is 4.79 Å². The molecule has 0 radical (unpaired) electrons. The SMILES string of the molecule is COc1ccc(C2CN(C(C)(C)C)CC2C(=O)O)cc1.Cl. The Labute approximate surface area is 132 Å². The zero-order chi connectivity index (χ0) is 14.9. The van der Waals surface area contributed by atoms with Crippen LogP contribution in [0.3, 0.4) is 0 Å². The quantitative estimate of drug-likeness (QED) is 0.932. The highest BCUT2D eigenvalue weighted by atomic mass is 35.5. The number of ether oxygens (including phenoxy) is 1. The van der Waals surface area contributed by atoms with Gasteiger partial charge in [-0.1, -0.05) is 12.1 Å². The number of halogens is 1. The van der Waals surface area contributed by atoms with Gasteiger partial charge in [0, 0.05) is 24.5 Å². The molecule has 0 aliphatic carbocycles. The van der Waals surface area contributed by atoms with Gasteiger partial charge in [0.1, 0.15) is 5.75 Å². The molecule has 1 aromatic carbocycles. The van der Waals surface area contributed by atoms with Crippen LogP contribution in [0.5, 0.6) is 5.75 Å². The maximum atomic E-state index is 11.5. The Bertz CT molecular complexity index is 481. The third-order valence-electron chi connectivity index (χ3n) is 4.13. The highest BCUT2D eigenvalue weighted by molar-refractivity contribution is 5.85. The topological polar surface area (TPSA) is 49.8 Å². The maximum Gasteiger partial charge on any atom is 0.308 e. The Balaban J connectivity index is 0.00000220. The molecule has 1 fully saturated rings. The molecule has 1 aromatic rings. The zero-order valence-corrected chi connectivity index (χ0v) is 13.8. The standard InChI is InChI=1S/C16H23NO3.ClH/c1-16(2,3)17-9-13(14(10-17)15(18)19)11-5-7-12(20-4)8-6-11;/h5-8,13-14H,9-10H2,1-4H3,(H,18,19);1H. The lowest BCUT2D eigenvalue weighted by Crippen LogP contribution is -2.40. The first kappa shape index (κ1) is 17.8. The molecule has 0 bridgehead atoms. The molecule has 0 aromatic heterocycles. The predicted molar refractivity (Wildman–Crippen MR) is 85.4 cm³/mol. The van der Waals surface area contributed by atoms with Gasteiger partial charge in [0.15, 0.2) is 0 Å². The van der Waals surface area contributed by atoms with E-state index in [-0.39, 0.29) is 29.8 Å². The Kier molecular flexibility index (Phi) is 5.65. The molecule has 21 heavy (non-hydrogen) atoms. The fraction of sp³-hybridized carbons (Fsp3) is 0.562. The first-order chi connectivity index (χ1) is 9.32. The van der Waals surface area contributed by atoms with Gasteiger partial charge in [-0.15, -0.1) is 12.4 Å². The molecule has 0 spiro atoms. The molecular weight excluding hydrogens is 290 g/mol. The van der Waals surface area contributed by atoms with Crippen LogP contribution in [0, 0.1) is 5.92 Å². The number of hydrogen-bond acceptors (Lipinski definition) is 3. The van der Waals surface area contributed by atoms with Gasteiger partial charge in [-0.25, -0.2) is 0 Å². The Morgan fingerprint density at radius 1 is 1.24 bits per heavy atom. The summed E-state index contributed by atoms with van der Waals surface area (Å²) in [6.07, 6.45) is 0. The van der Waals surface area contributed by atoms with E-state index in [1.807, 2.05) is 24.3 Å². The van der Waals surface area contributed by atoms with Crippen molar-refractivity contribution in [3.8, 4) is 5.75 Å². The van der Waals surface area contributed by atoms with Crippen LogP contribution in [0.2, 0.25) is 0 Å². The number of carbonyl (C=O) groups is 1. The van der Waals surface area contributed by atoms with Crippen molar-refractivity contribution < 1.29 is 14.6 Å². The second kappa shape index (κ2) is 6.67. The van der Waals surface area contributed by atoms with E-state index >= 15 is 0 Å². The molecule has 0 saturated carbocycles. The van der Waals surface area contributed by atoms with Crippen LogP contribution in [0.25, 0.3) is 0 Å². The number of methoxy groups -OCH3 is 1. The average Bonchev–Trinajstić information content (AvgIpc) is 2.84. The van der Waals surface area contributed by atoms with Gasteiger partial charge in [0.25, 0.3) is 0 Å². The van der Waals surface area contributed by atoms with E-state index in [9.17, 15) is 9.90 Å². The van der Waals surface area contributed by atoms with Crippen LogP contribution < -0.4 is 4.74 Å². The van der Waals surface area contributed by atoms with Gasteiger partial charge in [0.05, 0.1) is 13.0 Å². The molecule has 0 amide bonds. The molecular formula is C16H24ClNO3. The number of nitrogens with zero attached hydrogens (tertiary/aromatic N) is 1. The van der Waals surface area contributed by atoms with Crippen molar-refractivity contribution >= 4 is 18.4 Å². The maximum absolute atomic E-state index is 11.5. The van der Waals surface area contributed by atoms with Crippen LogP contribution in [0.1, 0.15) is 32.3 Å². The predicted octanol–water partition coefficient (Wildman–Crippen LogP) is 3.02. The average molecular weight is 314 g/mol. The minimum atomic E-state index is -0.711. The van der Waals surface area contributed by atoms with E-state index in [4.69, 9.17) is 4.74 Å². The van der Waals surface area contributed by atoms with Crippen molar-refractivity contribution in [2.45, 2.75) is 32.2 Å². The molecule has 2 atom stereocenters. The summed E-state index contributed by atoms with van der Waals surface area (Å²) in [7, 11) is 1.63. The molecule has 2 rings (SSSR count). The molecule has 1 saturated heterocycles. The van der Waals surface area contributed by atoms with Gasteiger partial charge >= 0.3 is 5.97 Å². The highest BCUT2D eigenvalue weighted by Crippen LogP contribution is 2.36. The molecule has 2 unspecified atom stereocenters. The lowest BCUT2D eigenvalue weighted by molar-refractivity contribution is -0.141. The van der Waals surface area contributed by atoms with Crippen molar-refractivity contribution in [2.24, 2.45) is 5.92 Å². The summed E-state index contributed by atoms with van der Waals surface area (Å²) in [4.78, 5) is 13.8. The smallest absolute Gasteiger partial charge is 0.308 e. The van der Waals surface area contributed by atoms with Gasteiger partial charge in [-0.2, -0.15) is 0 Å². The van der Waals surface area contributed by atoms with Gasteiger partial charge in [-0.05, 0) is 38.5 Å². The minimum absolute atomic E-state index is 0. The molecule has 1 aliphatic heterocycles. The largest absolute Gasteiger partial charge is 0.497 e. The Morgan fingerprint density at radius 2 is 1.81 bits per heavy atom. The molecule has 1 N–H and O–H groups in total. The van der Waals surface area contributed by atoms with Crippen LogP contribution in [0.4, 0.5) is 0 Å². The first-order valence-electron chi connectivity index (χ1n) is 6.94. The van der Waals surface area contributed by atoms with Crippen molar-refractivity contribution in [3.63, 3.8) is 0 Å². The summed E-state index contributed by atoms with van der Waals surface area (Å²) < 4.78 is 5.15. The number of carboxylic acids is 1. The summed E-state index contributed by atoms with van der Waals surface area (Å²) in [6.45, 7) is 7.77. The van der Waals surface area contributed by atoms with Crippen molar-refractivity contribution in [2.75, 3.05) is 20.2 Å². The lowest BCUT2D eigenvalue weighted by atomic mass is 9.89. The molecule has 1 heterocycles. The fourth-order valence-corrected chi connectivity index (χ4v) is 2.79. The summed E-state index contributed by atoms with van der Waals surface area (Å²) in [5.74, 6) is -0.218. The second-order valence-corrected chi connectivity index (χ2v) is 6.40. The van der Waals surface area contributed by atoms with E-state index in [0.717, 1.165) is 17.9 Å².